The Morgan fingerprint density at radius 1 is 0.851 bits per heavy atom. The van der Waals surface area contributed by atoms with Gasteiger partial charge in [0.15, 0.2) is 30.3 Å². The first-order valence-corrected chi connectivity index (χ1v) is 32.4. The van der Waals surface area contributed by atoms with E-state index >= 15 is 9.59 Å². The molecule has 87 heavy (non-hydrogen) atoms. The smallest absolute Gasteiger partial charge is 0.408 e. The first-order chi connectivity index (χ1) is 40.7. The molecule has 22 atom stereocenters. The van der Waals surface area contributed by atoms with Gasteiger partial charge in [0, 0.05) is 70.4 Å². The lowest BCUT2D eigenvalue weighted by Crippen LogP contribution is -2.59. The Morgan fingerprint density at radius 3 is 2.13 bits per heavy atom. The molecule has 0 radical (unpaired) electrons. The molecule has 24 nitrogen and oxygen atoms in total. The Balaban J connectivity index is 1.71. The summed E-state index contributed by atoms with van der Waals surface area (Å²) in [6, 6.07) is 7.71. The van der Waals surface area contributed by atoms with Gasteiger partial charge in [-0.2, -0.15) is 0 Å². The fraction of sp³-hybridized carbons (Fsp3) is 0.823. The van der Waals surface area contributed by atoms with Crippen molar-refractivity contribution in [3.05, 3.63) is 30.3 Å². The Bertz CT molecular complexity index is 2510. The molecule has 0 unspecified atom stereocenters. The van der Waals surface area contributed by atoms with Crippen molar-refractivity contribution >= 4 is 39.6 Å². The molecule has 4 aliphatic heterocycles. The van der Waals surface area contributed by atoms with Crippen molar-refractivity contribution in [1.29, 1.82) is 0 Å². The van der Waals surface area contributed by atoms with Crippen molar-refractivity contribution in [2.75, 3.05) is 47.6 Å². The number of rotatable bonds is 21. The molecule has 4 saturated heterocycles. The topological polar surface area (TPSA) is 293 Å². The molecular weight excluding hydrogens is 1150 g/mol. The number of ketones is 1. The number of alkyl carbamates (subject to hydrolysis) is 1. The first kappa shape index (κ1) is 73.8. The van der Waals surface area contributed by atoms with E-state index in [0.717, 1.165) is 0 Å². The van der Waals surface area contributed by atoms with Gasteiger partial charge in [-0.25, -0.2) is 17.9 Å². The van der Waals surface area contributed by atoms with Crippen molar-refractivity contribution in [3.8, 4) is 0 Å². The highest BCUT2D eigenvalue weighted by Crippen LogP contribution is 2.41. The monoisotopic (exact) mass is 1260 g/mol. The van der Waals surface area contributed by atoms with Crippen molar-refractivity contribution in [2.45, 2.75) is 245 Å². The van der Waals surface area contributed by atoms with Gasteiger partial charge in [-0.15, -0.1) is 0 Å². The fourth-order valence-corrected chi connectivity index (χ4v) is 13.5. The van der Waals surface area contributed by atoms with Crippen LogP contribution in [0.1, 0.15) is 136 Å². The predicted molar refractivity (Wildman–Crippen MR) is 320 cm³/mol. The Labute approximate surface area is 516 Å². The Hall–Kier alpha value is -3.96. The molecule has 1 aromatic rings. The maximum Gasteiger partial charge on any atom is 0.408 e. The SMILES string of the molecule is CCON=C1C[C@@H](C)O[C@@H](O[C@@H]2[C@@H](C)[C@H](O[C@H]3C[C@@H](C)N(C)C[C@H](C)O3)[C@@H](C)C(=O)O[C@H]([C@@H](C)CO[C@@H]3O[C@H](C)[C@@H](O)[C@@H](OC)[C@H]3OC)[C@H](C)[C@@H](OC(=O)CC(C)C)[C@@H](C)C(=O)[C@@](C)(OC(=O)NC(C)(C)CNS(=O)(=O)c3ccccc3)C[C@@H]2C)[C@@H]1O. The highest BCUT2D eigenvalue weighted by molar-refractivity contribution is 7.89. The van der Waals surface area contributed by atoms with Gasteiger partial charge in [-0.3, -0.25) is 14.4 Å². The average molecular weight is 1260 g/mol. The summed E-state index contributed by atoms with van der Waals surface area (Å²) in [5, 5.41) is 29.9. The molecule has 0 aliphatic carbocycles. The molecule has 4 N–H and O–H groups in total. The van der Waals surface area contributed by atoms with Gasteiger partial charge in [0.25, 0.3) is 0 Å². The largest absolute Gasteiger partial charge is 0.461 e. The number of carbonyl (C=O) groups is 4. The third-order valence-electron chi connectivity index (χ3n) is 17.2. The lowest BCUT2D eigenvalue weighted by atomic mass is 9.74. The van der Waals surface area contributed by atoms with E-state index in [2.05, 4.69) is 27.0 Å². The number of cyclic esters (lactones) is 1. The van der Waals surface area contributed by atoms with Gasteiger partial charge >= 0.3 is 18.0 Å². The number of hydrogen-bond acceptors (Lipinski definition) is 22. The van der Waals surface area contributed by atoms with Crippen LogP contribution in [0.15, 0.2) is 40.4 Å². The van der Waals surface area contributed by atoms with Crippen LogP contribution in [0.25, 0.3) is 0 Å². The lowest BCUT2D eigenvalue weighted by Gasteiger charge is -2.45. The summed E-state index contributed by atoms with van der Waals surface area (Å²) in [5.74, 6) is -8.09. The number of nitrogens with zero attached hydrogens (tertiary/aromatic N) is 2. The van der Waals surface area contributed by atoms with Crippen molar-refractivity contribution in [2.24, 2.45) is 46.6 Å². The molecule has 0 aromatic heterocycles. The van der Waals surface area contributed by atoms with Crippen molar-refractivity contribution in [1.82, 2.24) is 14.9 Å². The van der Waals surface area contributed by atoms with Crippen LogP contribution in [0.3, 0.4) is 0 Å². The molecule has 4 heterocycles. The number of likely N-dealkylation sites (N-methyl/N-ethyl adjacent to an activating group) is 1. The number of sulfonamides is 1. The van der Waals surface area contributed by atoms with E-state index in [4.69, 9.17) is 56.9 Å². The van der Waals surface area contributed by atoms with Crippen LogP contribution in [0.4, 0.5) is 4.79 Å². The van der Waals surface area contributed by atoms with Crippen LogP contribution in [-0.2, 0) is 81.3 Å². The van der Waals surface area contributed by atoms with E-state index in [9.17, 15) is 28.2 Å². The summed E-state index contributed by atoms with van der Waals surface area (Å²) >= 11 is 0. The summed E-state index contributed by atoms with van der Waals surface area (Å²) in [6.45, 7) is 28.2. The summed E-state index contributed by atoms with van der Waals surface area (Å²) in [6.07, 6.45) is -14.7. The minimum Gasteiger partial charge on any atom is -0.461 e. The minimum absolute atomic E-state index is 0.0134. The van der Waals surface area contributed by atoms with Gasteiger partial charge in [0.05, 0.1) is 65.1 Å². The number of aliphatic hydroxyl groups excluding tert-OH is 2. The molecular formula is C62H104N4O20S. The lowest BCUT2D eigenvalue weighted by molar-refractivity contribution is -0.305. The Morgan fingerprint density at radius 2 is 1.51 bits per heavy atom. The van der Waals surface area contributed by atoms with Crippen LogP contribution in [0.2, 0.25) is 0 Å². The molecule has 25 heteroatoms. The molecule has 5 rings (SSSR count). The quantitative estimate of drug-likeness (QED) is 0.0609. The van der Waals surface area contributed by atoms with E-state index in [1.165, 1.54) is 33.3 Å². The van der Waals surface area contributed by atoms with Gasteiger partial charge in [-0.1, -0.05) is 71.8 Å². The number of nitrogens with one attached hydrogen (secondary N) is 2. The molecule has 498 valence electrons. The number of Topliss-reactive ketones (excluding diaryl/α,β-unsaturated/α-hetero) is 1. The van der Waals surface area contributed by atoms with Gasteiger partial charge in [0.1, 0.15) is 43.2 Å². The molecule has 0 bridgehead atoms. The van der Waals surface area contributed by atoms with Crippen LogP contribution in [0.5, 0.6) is 0 Å². The van der Waals surface area contributed by atoms with E-state index < -0.39 is 160 Å². The van der Waals surface area contributed by atoms with E-state index in [1.54, 1.807) is 87.4 Å². The van der Waals surface area contributed by atoms with Gasteiger partial charge in [0.2, 0.25) is 10.0 Å². The predicted octanol–water partition coefficient (Wildman–Crippen LogP) is 6.15. The number of methoxy groups -OCH3 is 2. The molecule has 0 spiro atoms. The highest BCUT2D eigenvalue weighted by Gasteiger charge is 2.53. The molecule has 1 amide bonds. The van der Waals surface area contributed by atoms with E-state index in [1.807, 2.05) is 34.7 Å². The van der Waals surface area contributed by atoms with E-state index in [0.29, 0.717) is 13.0 Å². The second-order valence-electron chi connectivity index (χ2n) is 26.0. The number of carbonyl (C=O) groups excluding carboxylic acids is 4. The third-order valence-corrected chi connectivity index (χ3v) is 18.6. The second-order valence-corrected chi connectivity index (χ2v) is 27.8. The van der Waals surface area contributed by atoms with Crippen molar-refractivity contribution in [3.63, 3.8) is 0 Å². The zero-order valence-electron chi connectivity index (χ0n) is 54.8. The number of oxime groups is 1. The number of esters is 2. The maximum absolute atomic E-state index is 16.1. The zero-order valence-corrected chi connectivity index (χ0v) is 55.6. The molecule has 4 fully saturated rings. The van der Waals surface area contributed by atoms with Crippen LogP contribution >= 0.6 is 0 Å². The zero-order chi connectivity index (χ0) is 65.0. The van der Waals surface area contributed by atoms with E-state index in [-0.39, 0.29) is 67.7 Å². The Kier molecular flexibility index (Phi) is 27.4. The molecule has 4 aliphatic rings. The maximum atomic E-state index is 16.1. The van der Waals surface area contributed by atoms with Crippen LogP contribution < -0.4 is 10.0 Å². The third kappa shape index (κ3) is 19.8. The number of amides is 1. The molecule has 0 saturated carbocycles. The number of hydrogen-bond donors (Lipinski definition) is 4. The molecule has 1 aromatic carbocycles. The summed E-state index contributed by atoms with van der Waals surface area (Å²) in [4.78, 5) is 68.0. The number of aliphatic hydroxyl groups is 2. The summed E-state index contributed by atoms with van der Waals surface area (Å²) in [5.41, 5.74) is -3.17. The normalized spacial score (nSPS) is 37.3. The minimum atomic E-state index is -4.03. The van der Waals surface area contributed by atoms with Gasteiger partial charge < -0.3 is 77.4 Å². The average Bonchev–Trinajstić information content (AvgIpc) is 1.37. The standard InChI is InChI=1S/C62H104N4O20S/c1-20-78-65-45-28-37(7)80-58(49(45)69)85-50-34(4)29-62(16,86-60(72)64-61(14,15)32-63-87(73,74)44-24-22-21-23-25-44)56(70)41(11)52(82-46(67)26-33(2)3)40(10)51(35(5)31-77-59-55(76-19)54(75-18)48(68)43(13)81-59)84-57(71)42(12)53(39(50)9)83-47-27-36(6)66(17)30-38(8)79-47/h21-25,33-43,47-55,58-59,63,68-69H,20,26-32H2,1-19H3,(H,64,72)/t34-,35-,36+,37+,38-,39+,40-,41+,42+,43+,47-,48+,49+,50-,51+,52+,53-,54+,55+,58-,59+,62-/m0/s1. The number of benzene rings is 1. The number of ether oxygens (including phenoxy) is 11. The summed E-state index contributed by atoms with van der Waals surface area (Å²) < 4.78 is 100.0. The fourth-order valence-electron chi connectivity index (χ4n) is 12.3. The van der Waals surface area contributed by atoms with Gasteiger partial charge in [-0.05, 0) is 99.8 Å². The van der Waals surface area contributed by atoms with Crippen LogP contribution in [-0.4, -0.2) is 204 Å². The second kappa shape index (κ2) is 32.4. The highest BCUT2D eigenvalue weighted by atomic mass is 32.2. The van der Waals surface area contributed by atoms with Crippen molar-refractivity contribution < 1.29 is 94.8 Å². The summed E-state index contributed by atoms with van der Waals surface area (Å²) in [7, 11) is 0.843. The first-order valence-electron chi connectivity index (χ1n) is 30.9. The van der Waals surface area contributed by atoms with Crippen LogP contribution in [0, 0.1) is 41.4 Å².